The Bertz CT molecular complexity index is 225. The zero-order valence-corrected chi connectivity index (χ0v) is 11.2. The van der Waals surface area contributed by atoms with Crippen molar-refractivity contribution in [3.8, 4) is 0 Å². The molecule has 4 heteroatoms. The molecule has 0 atom stereocenters. The minimum atomic E-state index is 0. The summed E-state index contributed by atoms with van der Waals surface area (Å²) in [6.07, 6.45) is 8.57. The van der Waals surface area contributed by atoms with Gasteiger partial charge in [0.15, 0.2) is 0 Å². The Kier molecular flexibility index (Phi) is 7.78. The first-order valence-corrected chi connectivity index (χ1v) is 5.76. The van der Waals surface area contributed by atoms with Gasteiger partial charge in [-0.15, -0.1) is 0 Å². The van der Waals surface area contributed by atoms with Crippen LogP contribution < -0.4 is 0 Å². The fraction of sp³-hybridized carbons (Fsp3) is 0.667. The fourth-order valence-electron chi connectivity index (χ4n) is 1.14. The predicted octanol–water partition coefficient (Wildman–Crippen LogP) is 2.54. The third kappa shape index (κ3) is 4.32. The van der Waals surface area contributed by atoms with Gasteiger partial charge in [-0.2, -0.15) is 11.8 Å². The number of aryl methyl sites for hydroxylation is 1. The topological polar surface area (TPSA) is 17.8 Å². The third-order valence-electron chi connectivity index (χ3n) is 1.83. The third-order valence-corrected chi connectivity index (χ3v) is 2.37. The monoisotopic (exact) mass is 379 g/mol. The minimum Gasteiger partial charge on any atom is -0.334 e. The van der Waals surface area contributed by atoms with Gasteiger partial charge in [-0.25, -0.2) is 4.98 Å². The molecule has 0 saturated heterocycles. The molecule has 13 heavy (non-hydrogen) atoms. The van der Waals surface area contributed by atoms with Crippen LogP contribution in [0, 0.1) is 0 Å². The van der Waals surface area contributed by atoms with E-state index in [1.807, 2.05) is 18.0 Å². The van der Waals surface area contributed by atoms with Crippen LogP contribution in [-0.4, -0.2) is 15.8 Å². The molecule has 0 spiro atoms. The molecule has 0 radical (unpaired) electrons. The number of aromatic nitrogens is 2. The second-order valence-corrected chi connectivity index (χ2v) is 3.69. The van der Waals surface area contributed by atoms with Crippen molar-refractivity contribution in [3.05, 3.63) is 18.2 Å². The zero-order chi connectivity index (χ0) is 8.81. The van der Waals surface area contributed by atoms with Crippen LogP contribution in [-0.2, 0) is 33.4 Å². The van der Waals surface area contributed by atoms with E-state index < -0.39 is 0 Å². The summed E-state index contributed by atoms with van der Waals surface area (Å²) >= 11 is 1.82. The normalized spacial score (nSPS) is 9.69. The average molecular weight is 379 g/mol. The number of hydrogen-bond donors (Lipinski definition) is 0. The van der Waals surface area contributed by atoms with Gasteiger partial charge in [0.2, 0.25) is 0 Å². The molecule has 2 nitrogen and oxygen atoms in total. The molecule has 0 N–H and O–H groups in total. The number of thioether (sulfide) groups is 1. The number of nitrogens with zero attached hydrogens (tertiary/aromatic N) is 2. The fourth-order valence-corrected chi connectivity index (χ4v) is 1.64. The van der Waals surface area contributed by atoms with E-state index in [0.29, 0.717) is 0 Å². The molecular formula is C9H16N2PtS+2. The first kappa shape index (κ1) is 13.2. The molecule has 0 amide bonds. The van der Waals surface area contributed by atoms with E-state index in [-0.39, 0.29) is 21.1 Å². The molecule has 0 aromatic carbocycles. The first-order valence-electron chi connectivity index (χ1n) is 4.37. The van der Waals surface area contributed by atoms with Crippen LogP contribution in [0.1, 0.15) is 25.6 Å². The summed E-state index contributed by atoms with van der Waals surface area (Å²) in [5.41, 5.74) is 0. The summed E-state index contributed by atoms with van der Waals surface area (Å²) in [6, 6.07) is 0. The van der Waals surface area contributed by atoms with Crippen molar-refractivity contribution in [3.63, 3.8) is 0 Å². The Balaban J connectivity index is 0.00000144. The summed E-state index contributed by atoms with van der Waals surface area (Å²) < 4.78 is 2.25. The molecule has 1 aromatic rings. The largest absolute Gasteiger partial charge is 2.00 e. The minimum absolute atomic E-state index is 0. The predicted molar refractivity (Wildman–Crippen MR) is 54.4 cm³/mol. The van der Waals surface area contributed by atoms with Crippen molar-refractivity contribution < 1.29 is 21.1 Å². The summed E-state index contributed by atoms with van der Waals surface area (Å²) in [6.45, 7) is 3.33. The Morgan fingerprint density at radius 1 is 1.54 bits per heavy atom. The smallest absolute Gasteiger partial charge is 0.334 e. The Morgan fingerprint density at radius 2 is 2.31 bits per heavy atom. The van der Waals surface area contributed by atoms with Crippen LogP contribution in [0.4, 0.5) is 0 Å². The van der Waals surface area contributed by atoms with Crippen LogP contribution >= 0.6 is 11.8 Å². The molecule has 1 heterocycles. The van der Waals surface area contributed by atoms with Gasteiger partial charge in [-0.3, -0.25) is 0 Å². The first-order chi connectivity index (χ1) is 5.88. The van der Waals surface area contributed by atoms with Crippen molar-refractivity contribution in [1.29, 1.82) is 0 Å². The van der Waals surface area contributed by atoms with E-state index in [0.717, 1.165) is 12.3 Å². The Hall–Kier alpha value is 0.248. The Morgan fingerprint density at radius 3 is 2.92 bits per heavy atom. The molecule has 0 saturated carbocycles. The van der Waals surface area contributed by atoms with Gasteiger partial charge < -0.3 is 4.57 Å². The summed E-state index contributed by atoms with van der Waals surface area (Å²) in [4.78, 5) is 4.30. The number of unbranched alkanes of at least 4 members (excludes halogenated alkanes) is 1. The molecule has 0 aliphatic rings. The van der Waals surface area contributed by atoms with Crippen LogP contribution in [0.25, 0.3) is 0 Å². The molecule has 0 aliphatic carbocycles. The van der Waals surface area contributed by atoms with Gasteiger partial charge >= 0.3 is 21.1 Å². The molecule has 0 fully saturated rings. The quantitative estimate of drug-likeness (QED) is 0.783. The van der Waals surface area contributed by atoms with Crippen molar-refractivity contribution >= 4 is 11.8 Å². The van der Waals surface area contributed by atoms with E-state index in [4.69, 9.17) is 0 Å². The molecule has 76 valence electrons. The van der Waals surface area contributed by atoms with E-state index in [9.17, 15) is 0 Å². The van der Waals surface area contributed by atoms with Gasteiger partial charge in [0.1, 0.15) is 5.82 Å². The number of imidazole rings is 1. The maximum atomic E-state index is 4.30. The Labute approximate surface area is 98.8 Å². The van der Waals surface area contributed by atoms with Gasteiger partial charge in [-0.05, 0) is 12.7 Å². The average Bonchev–Trinajstić information content (AvgIpc) is 2.50. The molecule has 0 bridgehead atoms. The summed E-state index contributed by atoms with van der Waals surface area (Å²) in [5, 5.41) is 0. The molecule has 0 aliphatic heterocycles. The molecule has 1 aromatic heterocycles. The number of hydrogen-bond acceptors (Lipinski definition) is 2. The second-order valence-electron chi connectivity index (χ2n) is 2.82. The zero-order valence-electron chi connectivity index (χ0n) is 8.10. The van der Waals surface area contributed by atoms with Gasteiger partial charge in [0.25, 0.3) is 0 Å². The SMILES string of the molecule is CCCCn1ccnc1CSC.[Pt+2]. The van der Waals surface area contributed by atoms with Crippen molar-refractivity contribution in [2.75, 3.05) is 6.26 Å². The van der Waals surface area contributed by atoms with Crippen molar-refractivity contribution in [2.45, 2.75) is 32.1 Å². The van der Waals surface area contributed by atoms with E-state index in [1.165, 1.54) is 18.7 Å². The van der Waals surface area contributed by atoms with E-state index >= 15 is 0 Å². The van der Waals surface area contributed by atoms with Crippen molar-refractivity contribution in [2.24, 2.45) is 0 Å². The molecule has 1 rings (SSSR count). The van der Waals surface area contributed by atoms with Crippen LogP contribution in [0.5, 0.6) is 0 Å². The van der Waals surface area contributed by atoms with Gasteiger partial charge in [0.05, 0.1) is 5.75 Å². The van der Waals surface area contributed by atoms with Crippen LogP contribution in [0.2, 0.25) is 0 Å². The van der Waals surface area contributed by atoms with Crippen molar-refractivity contribution in [1.82, 2.24) is 9.55 Å². The second kappa shape index (κ2) is 7.63. The van der Waals surface area contributed by atoms with Crippen LogP contribution in [0.3, 0.4) is 0 Å². The van der Waals surface area contributed by atoms with E-state index in [2.05, 4.69) is 28.9 Å². The van der Waals surface area contributed by atoms with Gasteiger partial charge in [0, 0.05) is 18.9 Å². The summed E-state index contributed by atoms with van der Waals surface area (Å²) in [5.74, 6) is 2.23. The maximum absolute atomic E-state index is 4.30. The van der Waals surface area contributed by atoms with Crippen LogP contribution in [0.15, 0.2) is 12.4 Å². The molecular weight excluding hydrogens is 363 g/mol. The maximum Gasteiger partial charge on any atom is 2.00 e. The molecule has 0 unspecified atom stereocenters. The summed E-state index contributed by atoms with van der Waals surface area (Å²) in [7, 11) is 0. The standard InChI is InChI=1S/C9H16N2S.Pt/c1-3-4-6-11-7-5-10-9(11)8-12-2;/h5,7H,3-4,6,8H2,1-2H3;/q;+2. The number of rotatable bonds is 5. The van der Waals surface area contributed by atoms with Gasteiger partial charge in [-0.1, -0.05) is 13.3 Å². The van der Waals surface area contributed by atoms with E-state index in [1.54, 1.807) is 0 Å².